The number of piperidine rings is 1. The summed E-state index contributed by atoms with van der Waals surface area (Å²) in [6.45, 7) is 3.31. The normalized spacial score (nSPS) is 25.7. The first-order valence-corrected chi connectivity index (χ1v) is 10.8. The lowest BCUT2D eigenvalue weighted by Crippen LogP contribution is -2.50. The summed E-state index contributed by atoms with van der Waals surface area (Å²) in [4.78, 5) is 2.13. The molecule has 1 saturated heterocycles. The number of sulfone groups is 1. The van der Waals surface area contributed by atoms with Crippen molar-refractivity contribution in [2.75, 3.05) is 38.7 Å². The first-order chi connectivity index (χ1) is 12.9. The van der Waals surface area contributed by atoms with Crippen LogP contribution < -0.4 is 5.32 Å². The molecule has 1 fully saturated rings. The molecule has 3 atom stereocenters. The zero-order chi connectivity index (χ0) is 19.6. The van der Waals surface area contributed by atoms with E-state index in [1.165, 1.54) is 12.5 Å². The molecule has 150 valence electrons. The molecular formula is C19H27FN2O4S. The van der Waals surface area contributed by atoms with E-state index in [9.17, 15) is 17.9 Å². The van der Waals surface area contributed by atoms with E-state index in [1.807, 2.05) is 11.8 Å². The van der Waals surface area contributed by atoms with Crippen molar-refractivity contribution in [1.82, 2.24) is 4.90 Å². The molecule has 27 heavy (non-hydrogen) atoms. The smallest absolute Gasteiger partial charge is 0.202 e. The van der Waals surface area contributed by atoms with Crippen molar-refractivity contribution >= 4 is 21.1 Å². The quantitative estimate of drug-likeness (QED) is 0.732. The van der Waals surface area contributed by atoms with Gasteiger partial charge in [0, 0.05) is 32.2 Å². The molecule has 0 amide bonds. The number of hydrogen-bond acceptors (Lipinski definition) is 6. The Bertz CT molecular complexity index is 812. The number of nitrogens with zero attached hydrogens (tertiary/aromatic N) is 1. The number of anilines is 1. The van der Waals surface area contributed by atoms with Crippen molar-refractivity contribution in [2.45, 2.75) is 43.0 Å². The number of β-amino-alcohol motifs (C(OH)–C–C–N with tert-alkyl or cyclic N) is 1. The van der Waals surface area contributed by atoms with Gasteiger partial charge in [-0.25, -0.2) is 12.8 Å². The first kappa shape index (κ1) is 20.3. The lowest BCUT2D eigenvalue weighted by Gasteiger charge is -2.36. The number of rotatable bonds is 7. The van der Waals surface area contributed by atoms with Crippen molar-refractivity contribution in [3.8, 4) is 0 Å². The number of alkyl halides is 1. The highest BCUT2D eigenvalue weighted by molar-refractivity contribution is 7.95. The highest BCUT2D eigenvalue weighted by Gasteiger charge is 2.33. The number of likely N-dealkylation sites (tertiary alicyclic amines) is 1. The maximum atomic E-state index is 14.7. The Morgan fingerprint density at radius 2 is 2.22 bits per heavy atom. The summed E-state index contributed by atoms with van der Waals surface area (Å²) in [6.07, 6.45) is -0.651. The number of methoxy groups -OCH3 is 1. The van der Waals surface area contributed by atoms with E-state index >= 15 is 0 Å². The monoisotopic (exact) mass is 398 g/mol. The average Bonchev–Trinajstić information content (AvgIpc) is 2.89. The van der Waals surface area contributed by atoms with Crippen LogP contribution in [-0.4, -0.2) is 70.1 Å². The van der Waals surface area contributed by atoms with Gasteiger partial charge >= 0.3 is 0 Å². The zero-order valence-corrected chi connectivity index (χ0v) is 16.5. The summed E-state index contributed by atoms with van der Waals surface area (Å²) in [5.41, 5.74) is 1.96. The minimum absolute atomic E-state index is 0.193. The number of benzene rings is 1. The topological polar surface area (TPSA) is 78.9 Å². The molecule has 1 aromatic rings. The summed E-state index contributed by atoms with van der Waals surface area (Å²) in [6, 6.07) is 4.83. The molecule has 2 aliphatic rings. The minimum Gasteiger partial charge on any atom is -0.389 e. The van der Waals surface area contributed by atoms with Crippen LogP contribution in [0, 0.1) is 0 Å². The fourth-order valence-electron chi connectivity index (χ4n) is 3.83. The van der Waals surface area contributed by atoms with Gasteiger partial charge in [0.2, 0.25) is 9.84 Å². The second-order valence-corrected chi connectivity index (χ2v) is 8.88. The van der Waals surface area contributed by atoms with Crippen molar-refractivity contribution in [3.05, 3.63) is 29.2 Å². The maximum Gasteiger partial charge on any atom is 0.202 e. The molecule has 3 rings (SSSR count). The van der Waals surface area contributed by atoms with Gasteiger partial charge in [-0.3, -0.25) is 4.90 Å². The number of aliphatic hydroxyl groups excluding tert-OH is 1. The van der Waals surface area contributed by atoms with Crippen LogP contribution in [0.15, 0.2) is 28.5 Å². The van der Waals surface area contributed by atoms with Gasteiger partial charge in [0.15, 0.2) is 0 Å². The highest BCUT2D eigenvalue weighted by atomic mass is 32.2. The SMILES string of the molecule is CCC1=CS(=O)(=O)c2c(NC3CCN(CC(O)COC)CC3F)cccc21. The van der Waals surface area contributed by atoms with Crippen molar-refractivity contribution in [3.63, 3.8) is 0 Å². The molecule has 8 heteroatoms. The van der Waals surface area contributed by atoms with Gasteiger partial charge < -0.3 is 15.2 Å². The van der Waals surface area contributed by atoms with Crippen LogP contribution in [0.1, 0.15) is 25.3 Å². The number of aliphatic hydroxyl groups is 1. The van der Waals surface area contributed by atoms with E-state index in [-0.39, 0.29) is 18.0 Å². The average molecular weight is 399 g/mol. The Labute approximate surface area is 159 Å². The molecule has 0 aromatic heterocycles. The summed E-state index contributed by atoms with van der Waals surface area (Å²) in [5, 5.41) is 14.3. The maximum absolute atomic E-state index is 14.7. The molecule has 3 unspecified atom stereocenters. The third-order valence-electron chi connectivity index (χ3n) is 5.12. The summed E-state index contributed by atoms with van der Waals surface area (Å²) < 4.78 is 44.7. The molecule has 2 aliphatic heterocycles. The van der Waals surface area contributed by atoms with Crippen LogP contribution in [0.5, 0.6) is 0 Å². The third-order valence-corrected chi connectivity index (χ3v) is 6.72. The van der Waals surface area contributed by atoms with E-state index in [4.69, 9.17) is 4.74 Å². The largest absolute Gasteiger partial charge is 0.389 e. The van der Waals surface area contributed by atoms with Gasteiger partial charge in [-0.2, -0.15) is 0 Å². The van der Waals surface area contributed by atoms with Gasteiger partial charge in [-0.05, 0) is 30.0 Å². The molecule has 2 N–H and O–H groups in total. The van der Waals surface area contributed by atoms with Crippen LogP contribution in [0.2, 0.25) is 0 Å². The van der Waals surface area contributed by atoms with Crippen molar-refractivity contribution < 1.29 is 22.7 Å². The molecule has 6 nitrogen and oxygen atoms in total. The van der Waals surface area contributed by atoms with Gasteiger partial charge in [-0.1, -0.05) is 19.1 Å². The number of nitrogens with one attached hydrogen (secondary N) is 1. The highest BCUT2D eigenvalue weighted by Crippen LogP contribution is 2.40. The zero-order valence-electron chi connectivity index (χ0n) is 15.7. The standard InChI is InChI=1S/C19H27FN2O4S/c1-3-13-12-27(24,25)19-15(13)5-4-6-18(19)21-17-7-8-22(10-16(17)20)9-14(23)11-26-2/h4-6,12,14,16-17,21,23H,3,7-11H2,1-2H3. The second kappa shape index (κ2) is 8.26. The fraction of sp³-hybridized carbons (Fsp3) is 0.579. The van der Waals surface area contributed by atoms with E-state index in [0.717, 1.165) is 5.57 Å². The predicted molar refractivity (Wildman–Crippen MR) is 103 cm³/mol. The van der Waals surface area contributed by atoms with E-state index in [0.29, 0.717) is 37.2 Å². The molecule has 1 aromatic carbocycles. The number of fused-ring (bicyclic) bond motifs is 1. The van der Waals surface area contributed by atoms with E-state index in [2.05, 4.69) is 5.32 Å². The van der Waals surface area contributed by atoms with Crippen LogP contribution in [0.4, 0.5) is 10.1 Å². The van der Waals surface area contributed by atoms with Crippen LogP contribution >= 0.6 is 0 Å². The number of ether oxygens (including phenoxy) is 1. The Morgan fingerprint density at radius 3 is 2.89 bits per heavy atom. The summed E-state index contributed by atoms with van der Waals surface area (Å²) in [7, 11) is -1.99. The Morgan fingerprint density at radius 1 is 1.44 bits per heavy atom. The number of halogens is 1. The molecule has 0 radical (unpaired) electrons. The first-order valence-electron chi connectivity index (χ1n) is 9.24. The lowest BCUT2D eigenvalue weighted by atomic mass is 10.0. The van der Waals surface area contributed by atoms with Gasteiger partial charge in [-0.15, -0.1) is 0 Å². The molecule has 0 aliphatic carbocycles. The molecule has 0 spiro atoms. The Balaban J connectivity index is 1.71. The molecule has 0 saturated carbocycles. The van der Waals surface area contributed by atoms with Crippen LogP contribution in [0.25, 0.3) is 5.57 Å². The van der Waals surface area contributed by atoms with Crippen LogP contribution in [-0.2, 0) is 14.6 Å². The molecular weight excluding hydrogens is 371 g/mol. The Kier molecular flexibility index (Phi) is 6.20. The number of hydrogen-bond donors (Lipinski definition) is 2. The molecule has 2 heterocycles. The molecule has 0 bridgehead atoms. The third kappa shape index (κ3) is 4.34. The van der Waals surface area contributed by atoms with Gasteiger partial charge in [0.1, 0.15) is 11.1 Å². The summed E-state index contributed by atoms with van der Waals surface area (Å²) in [5.74, 6) is 0. The second-order valence-electron chi connectivity index (χ2n) is 7.15. The van der Waals surface area contributed by atoms with E-state index < -0.39 is 28.2 Å². The summed E-state index contributed by atoms with van der Waals surface area (Å²) >= 11 is 0. The fourth-order valence-corrected chi connectivity index (χ4v) is 5.56. The van der Waals surface area contributed by atoms with E-state index in [1.54, 1.807) is 18.2 Å². The predicted octanol–water partition coefficient (Wildman–Crippen LogP) is 2.06. The van der Waals surface area contributed by atoms with Crippen molar-refractivity contribution in [1.29, 1.82) is 0 Å². The van der Waals surface area contributed by atoms with Gasteiger partial charge in [0.25, 0.3) is 0 Å². The van der Waals surface area contributed by atoms with Crippen molar-refractivity contribution in [2.24, 2.45) is 0 Å². The Hall–Kier alpha value is -1.48. The lowest BCUT2D eigenvalue weighted by molar-refractivity contribution is 0.0215. The van der Waals surface area contributed by atoms with Gasteiger partial charge in [0.05, 0.1) is 24.4 Å². The minimum atomic E-state index is -3.50. The number of allylic oxidation sites excluding steroid dienone is 1. The van der Waals surface area contributed by atoms with Crippen LogP contribution in [0.3, 0.4) is 0 Å².